The van der Waals surface area contributed by atoms with Crippen LogP contribution in [-0.2, 0) is 38.2 Å². The molecule has 14 nitrogen and oxygen atoms in total. The van der Waals surface area contributed by atoms with Crippen LogP contribution in [0.1, 0.15) is 26.5 Å². The minimum atomic E-state index is -1.22. The van der Waals surface area contributed by atoms with Crippen molar-refractivity contribution in [3.8, 4) is 0 Å². The van der Waals surface area contributed by atoms with Crippen molar-refractivity contribution in [2.45, 2.75) is 44.6 Å². The van der Waals surface area contributed by atoms with E-state index < -0.39 is 53.2 Å². The molecule has 2 aliphatic rings. The summed E-state index contributed by atoms with van der Waals surface area (Å²) < 4.78 is 20.4. The molecular weight excluding hydrogens is 530 g/mol. The fourth-order valence-corrected chi connectivity index (χ4v) is 5.80. The Kier molecular flexibility index (Phi) is 9.20. The van der Waals surface area contributed by atoms with Crippen molar-refractivity contribution in [3.63, 3.8) is 0 Å². The number of oxime groups is 1. The molecule has 3 rings (SSSR count). The van der Waals surface area contributed by atoms with Crippen LogP contribution in [0.2, 0.25) is 0 Å². The SMILES string of the molecule is COCC1(C(=O)OC(C)OC(=O)OC(C)C)CS[C@@H]2C(NC(=O)C(=NOC)c3csc(N)n3)C(=O)N2C1. The van der Waals surface area contributed by atoms with Gasteiger partial charge in [-0.1, -0.05) is 5.16 Å². The number of esters is 1. The number of fused-ring (bicyclic) bond motifs is 1. The lowest BCUT2D eigenvalue weighted by molar-refractivity contribution is -0.185. The van der Waals surface area contributed by atoms with Crippen LogP contribution >= 0.6 is 23.1 Å². The number of thiazole rings is 1. The van der Waals surface area contributed by atoms with Crippen LogP contribution in [0.3, 0.4) is 0 Å². The van der Waals surface area contributed by atoms with Gasteiger partial charge in [0.05, 0.1) is 12.7 Å². The second-order valence-electron chi connectivity index (χ2n) is 8.53. The summed E-state index contributed by atoms with van der Waals surface area (Å²) in [6.07, 6.45) is -2.58. The molecule has 1 aromatic rings. The predicted octanol–water partition coefficient (Wildman–Crippen LogP) is 0.559. The number of aromatic nitrogens is 1. The maximum atomic E-state index is 13.1. The van der Waals surface area contributed by atoms with E-state index in [2.05, 4.69) is 15.5 Å². The summed E-state index contributed by atoms with van der Waals surface area (Å²) in [5.41, 5.74) is 4.54. The van der Waals surface area contributed by atoms with Crippen molar-refractivity contribution in [1.82, 2.24) is 15.2 Å². The lowest BCUT2D eigenvalue weighted by Gasteiger charge is -2.53. The van der Waals surface area contributed by atoms with Crippen LogP contribution in [0.15, 0.2) is 10.5 Å². The van der Waals surface area contributed by atoms with E-state index in [1.165, 1.54) is 37.8 Å². The van der Waals surface area contributed by atoms with E-state index in [-0.39, 0.29) is 35.4 Å². The number of hydrogen-bond acceptors (Lipinski definition) is 14. The van der Waals surface area contributed by atoms with E-state index in [0.717, 1.165) is 11.3 Å². The predicted molar refractivity (Wildman–Crippen MR) is 133 cm³/mol. The summed E-state index contributed by atoms with van der Waals surface area (Å²) in [5.74, 6) is -1.51. The molecule has 0 aromatic carbocycles. The minimum absolute atomic E-state index is 0.00661. The molecule has 2 saturated heterocycles. The number of nitrogen functional groups attached to an aromatic ring is 1. The molecule has 2 aliphatic heterocycles. The monoisotopic (exact) mass is 559 g/mol. The van der Waals surface area contributed by atoms with Crippen molar-refractivity contribution in [3.05, 3.63) is 11.1 Å². The van der Waals surface area contributed by atoms with E-state index in [0.29, 0.717) is 0 Å². The Bertz CT molecular complexity index is 1060. The zero-order valence-electron chi connectivity index (χ0n) is 20.9. The summed E-state index contributed by atoms with van der Waals surface area (Å²) in [6, 6.07) is -0.847. The molecule has 0 saturated carbocycles. The minimum Gasteiger partial charge on any atom is -0.431 e. The molecule has 3 heterocycles. The molecule has 0 spiro atoms. The number of carbonyl (C=O) groups is 4. The summed E-state index contributed by atoms with van der Waals surface area (Å²) in [6.45, 7) is 4.65. The highest BCUT2D eigenvalue weighted by Gasteiger charge is 2.58. The fourth-order valence-electron chi connectivity index (χ4n) is 3.73. The lowest BCUT2D eigenvalue weighted by Crippen LogP contribution is -2.74. The van der Waals surface area contributed by atoms with E-state index in [4.69, 9.17) is 29.5 Å². The van der Waals surface area contributed by atoms with Crippen LogP contribution in [0, 0.1) is 5.41 Å². The molecule has 4 atom stereocenters. The number of methoxy groups -OCH3 is 1. The molecule has 1 aromatic heterocycles. The van der Waals surface area contributed by atoms with Crippen molar-refractivity contribution < 1.29 is 43.0 Å². The average molecular weight is 560 g/mol. The molecule has 2 fully saturated rings. The van der Waals surface area contributed by atoms with Crippen LogP contribution in [-0.4, -0.2) is 96.5 Å². The highest BCUT2D eigenvalue weighted by molar-refractivity contribution is 8.00. The molecular formula is C21H29N5O9S2. The first kappa shape index (κ1) is 28.5. The quantitative estimate of drug-likeness (QED) is 0.134. The normalized spacial score (nSPS) is 24.0. The maximum Gasteiger partial charge on any atom is 0.511 e. The Morgan fingerprint density at radius 3 is 2.59 bits per heavy atom. The van der Waals surface area contributed by atoms with E-state index in [1.54, 1.807) is 19.2 Å². The zero-order chi connectivity index (χ0) is 27.3. The third kappa shape index (κ3) is 6.42. The van der Waals surface area contributed by atoms with Crippen LogP contribution < -0.4 is 11.1 Å². The van der Waals surface area contributed by atoms with Gasteiger partial charge in [0, 0.05) is 31.7 Å². The number of amides is 2. The van der Waals surface area contributed by atoms with Crippen molar-refractivity contribution in [2.75, 3.05) is 38.9 Å². The van der Waals surface area contributed by atoms with Gasteiger partial charge >= 0.3 is 12.1 Å². The van der Waals surface area contributed by atoms with Crippen molar-refractivity contribution in [1.29, 1.82) is 0 Å². The Labute approximate surface area is 221 Å². The third-order valence-corrected chi connectivity index (χ3v) is 7.58. The van der Waals surface area contributed by atoms with Gasteiger partial charge < -0.3 is 39.7 Å². The summed E-state index contributed by atoms with van der Waals surface area (Å²) in [4.78, 5) is 60.9. The number of thioether (sulfide) groups is 1. The number of nitrogens with zero attached hydrogens (tertiary/aromatic N) is 3. The average Bonchev–Trinajstić information content (AvgIpc) is 3.25. The zero-order valence-corrected chi connectivity index (χ0v) is 22.6. The lowest BCUT2D eigenvalue weighted by atomic mass is 9.88. The number of rotatable bonds is 10. The van der Waals surface area contributed by atoms with E-state index in [1.807, 2.05) is 0 Å². The van der Waals surface area contributed by atoms with Gasteiger partial charge in [0.2, 0.25) is 12.2 Å². The highest BCUT2D eigenvalue weighted by atomic mass is 32.2. The first-order chi connectivity index (χ1) is 17.5. The van der Waals surface area contributed by atoms with Crippen LogP contribution in [0.5, 0.6) is 0 Å². The van der Waals surface area contributed by atoms with Crippen LogP contribution in [0.25, 0.3) is 0 Å². The molecule has 2 amide bonds. The van der Waals surface area contributed by atoms with E-state index >= 15 is 0 Å². The summed E-state index contributed by atoms with van der Waals surface area (Å²) in [5, 5.41) is 7.76. The summed E-state index contributed by atoms with van der Waals surface area (Å²) >= 11 is 2.42. The number of hydrogen-bond donors (Lipinski definition) is 2. The van der Waals surface area contributed by atoms with Gasteiger partial charge in [0.25, 0.3) is 5.91 Å². The molecule has 3 N–H and O–H groups in total. The smallest absolute Gasteiger partial charge is 0.431 e. The number of carbonyl (C=O) groups excluding carboxylic acids is 4. The standard InChI is InChI=1S/C21H29N5O9S2/c1-10(2)33-20(30)35-11(3)34-18(29)21(8-31-4)7-26-16(28)14(17(26)37-9-21)24-15(27)13(25-32-5)12-6-36-19(22)23-12/h6,10-11,14,17H,7-9H2,1-5H3,(H2,22,23)(H,24,27)/t11?,14?,17-,21?/m1/s1. The maximum absolute atomic E-state index is 13.1. The first-order valence-corrected chi connectivity index (χ1v) is 13.1. The number of nitrogens with one attached hydrogen (secondary N) is 1. The molecule has 3 unspecified atom stereocenters. The van der Waals surface area contributed by atoms with Gasteiger partial charge in [-0.05, 0) is 13.8 Å². The Balaban J connectivity index is 1.64. The number of β-lactam (4-membered cyclic amide) rings is 1. The molecule has 0 radical (unpaired) electrons. The third-order valence-electron chi connectivity index (χ3n) is 5.31. The van der Waals surface area contributed by atoms with Gasteiger partial charge in [0.1, 0.15) is 29.6 Å². The van der Waals surface area contributed by atoms with Crippen molar-refractivity contribution >= 4 is 57.9 Å². The van der Waals surface area contributed by atoms with Gasteiger partial charge in [-0.25, -0.2) is 9.78 Å². The number of nitrogens with two attached hydrogens (primary N) is 1. The Morgan fingerprint density at radius 1 is 1.27 bits per heavy atom. The number of anilines is 1. The Morgan fingerprint density at radius 2 is 2.00 bits per heavy atom. The topological polar surface area (TPSA) is 181 Å². The molecule has 16 heteroatoms. The van der Waals surface area contributed by atoms with E-state index in [9.17, 15) is 19.2 Å². The first-order valence-electron chi connectivity index (χ1n) is 11.1. The fraction of sp³-hybridized carbons (Fsp3) is 0.619. The molecule has 204 valence electrons. The van der Waals surface area contributed by atoms with Gasteiger partial charge in [-0.2, -0.15) is 0 Å². The summed E-state index contributed by atoms with van der Waals surface area (Å²) in [7, 11) is 2.71. The van der Waals surface area contributed by atoms with Crippen molar-refractivity contribution in [2.24, 2.45) is 10.6 Å². The van der Waals surface area contributed by atoms with Gasteiger partial charge in [-0.3, -0.25) is 14.4 Å². The molecule has 37 heavy (non-hydrogen) atoms. The van der Waals surface area contributed by atoms with Crippen LogP contribution in [0.4, 0.5) is 9.93 Å². The van der Waals surface area contributed by atoms with Gasteiger partial charge in [0.15, 0.2) is 10.8 Å². The molecule has 0 bridgehead atoms. The Hall–Kier alpha value is -3.11. The largest absolute Gasteiger partial charge is 0.511 e. The second-order valence-corrected chi connectivity index (χ2v) is 10.5. The van der Waals surface area contributed by atoms with Gasteiger partial charge in [-0.15, -0.1) is 23.1 Å². The second kappa shape index (κ2) is 12.0. The highest BCUT2D eigenvalue weighted by Crippen LogP contribution is 2.43. The molecule has 0 aliphatic carbocycles. The number of ether oxygens (including phenoxy) is 4.